The zero-order valence-electron chi connectivity index (χ0n) is 9.98. The van der Waals surface area contributed by atoms with Crippen molar-refractivity contribution in [3.8, 4) is 5.75 Å². The fourth-order valence-corrected chi connectivity index (χ4v) is 2.28. The lowest BCUT2D eigenvalue weighted by Gasteiger charge is -2.04. The van der Waals surface area contributed by atoms with Gasteiger partial charge in [-0.3, -0.25) is 4.99 Å². The Bertz CT molecular complexity index is 398. The van der Waals surface area contributed by atoms with Crippen LogP contribution >= 0.6 is 0 Å². The minimum Gasteiger partial charge on any atom is -0.507 e. The lowest BCUT2D eigenvalue weighted by Crippen LogP contribution is -1.98. The zero-order valence-corrected chi connectivity index (χ0v) is 9.98. The molecular formula is C14H19NO. The third-order valence-corrected chi connectivity index (χ3v) is 3.36. The summed E-state index contributed by atoms with van der Waals surface area (Å²) in [5.74, 6) is 1.16. The molecule has 0 amide bonds. The van der Waals surface area contributed by atoms with Gasteiger partial charge in [-0.25, -0.2) is 0 Å². The second-order valence-electron chi connectivity index (χ2n) is 4.86. The summed E-state index contributed by atoms with van der Waals surface area (Å²) in [5, 5.41) is 9.83. The van der Waals surface area contributed by atoms with Crippen LogP contribution in [0.1, 0.15) is 37.3 Å². The molecule has 0 heterocycles. The summed E-state index contributed by atoms with van der Waals surface area (Å²) >= 11 is 0. The third-order valence-electron chi connectivity index (χ3n) is 3.36. The van der Waals surface area contributed by atoms with Crippen molar-refractivity contribution in [2.45, 2.75) is 39.2 Å². The topological polar surface area (TPSA) is 32.6 Å². The van der Waals surface area contributed by atoms with Crippen LogP contribution in [0.25, 0.3) is 0 Å². The lowest BCUT2D eigenvalue weighted by molar-refractivity contribution is 0.470. The van der Waals surface area contributed by atoms with Crippen LogP contribution in [0.5, 0.6) is 5.75 Å². The molecular weight excluding hydrogens is 198 g/mol. The molecule has 1 aliphatic rings. The van der Waals surface area contributed by atoms with Gasteiger partial charge in [-0.15, -0.1) is 0 Å². The third kappa shape index (κ3) is 2.43. The van der Waals surface area contributed by atoms with Crippen LogP contribution in [0, 0.1) is 12.8 Å². The fraction of sp³-hybridized carbons (Fsp3) is 0.500. The number of para-hydroxylation sites is 1. The number of phenols is 1. The molecule has 2 atom stereocenters. The first-order chi connectivity index (χ1) is 7.66. The average Bonchev–Trinajstić information content (AvgIpc) is 2.67. The normalized spacial score (nSPS) is 25.4. The molecule has 0 radical (unpaired) electrons. The highest BCUT2D eigenvalue weighted by molar-refractivity contribution is 5.84. The summed E-state index contributed by atoms with van der Waals surface area (Å²) in [7, 11) is 0. The van der Waals surface area contributed by atoms with Gasteiger partial charge in [0.15, 0.2) is 0 Å². The molecule has 0 saturated heterocycles. The summed E-state index contributed by atoms with van der Waals surface area (Å²) in [5.41, 5.74) is 1.74. The molecule has 0 spiro atoms. The highest BCUT2D eigenvalue weighted by atomic mass is 16.3. The number of hydrogen-bond acceptors (Lipinski definition) is 2. The number of aromatic hydroxyl groups is 1. The van der Waals surface area contributed by atoms with Crippen molar-refractivity contribution in [2.24, 2.45) is 10.9 Å². The molecule has 2 heteroatoms. The first kappa shape index (κ1) is 11.2. The standard InChI is InChI=1S/C14H19NO/c1-10-6-7-13(8-10)15-9-12-5-3-4-11(2)14(12)16/h3-5,9-10,13,16H,6-8H2,1-2H3. The predicted octanol–water partition coefficient (Wildman–Crippen LogP) is 3.31. The molecule has 2 unspecified atom stereocenters. The summed E-state index contributed by atoms with van der Waals surface area (Å²) in [6.07, 6.45) is 5.47. The number of nitrogens with zero attached hydrogens (tertiary/aromatic N) is 1. The van der Waals surface area contributed by atoms with Crippen LogP contribution in [0.15, 0.2) is 23.2 Å². The van der Waals surface area contributed by atoms with E-state index in [2.05, 4.69) is 11.9 Å². The van der Waals surface area contributed by atoms with E-state index in [1.807, 2.05) is 31.3 Å². The largest absolute Gasteiger partial charge is 0.507 e. The summed E-state index contributed by atoms with van der Waals surface area (Å²) < 4.78 is 0. The monoisotopic (exact) mass is 217 g/mol. The summed E-state index contributed by atoms with van der Waals surface area (Å²) in [6, 6.07) is 6.22. The van der Waals surface area contributed by atoms with Crippen molar-refractivity contribution in [1.82, 2.24) is 0 Å². The molecule has 2 nitrogen and oxygen atoms in total. The first-order valence-electron chi connectivity index (χ1n) is 5.98. The van der Waals surface area contributed by atoms with Gasteiger partial charge < -0.3 is 5.11 Å². The average molecular weight is 217 g/mol. The Kier molecular flexibility index (Phi) is 3.28. The van der Waals surface area contributed by atoms with E-state index in [1.165, 1.54) is 19.3 Å². The lowest BCUT2D eigenvalue weighted by atomic mass is 10.1. The van der Waals surface area contributed by atoms with E-state index >= 15 is 0 Å². The van der Waals surface area contributed by atoms with Gasteiger partial charge in [-0.1, -0.05) is 19.1 Å². The number of hydrogen-bond donors (Lipinski definition) is 1. The Hall–Kier alpha value is -1.31. The van der Waals surface area contributed by atoms with Crippen molar-refractivity contribution in [3.05, 3.63) is 29.3 Å². The van der Waals surface area contributed by atoms with Gasteiger partial charge >= 0.3 is 0 Å². The van der Waals surface area contributed by atoms with Gasteiger partial charge in [0.25, 0.3) is 0 Å². The molecule has 1 aromatic rings. The van der Waals surface area contributed by atoms with E-state index in [1.54, 1.807) is 0 Å². The van der Waals surface area contributed by atoms with Gasteiger partial charge in [-0.2, -0.15) is 0 Å². The first-order valence-corrected chi connectivity index (χ1v) is 5.98. The quantitative estimate of drug-likeness (QED) is 0.757. The molecule has 16 heavy (non-hydrogen) atoms. The molecule has 1 N–H and O–H groups in total. The van der Waals surface area contributed by atoms with E-state index in [-0.39, 0.29) is 0 Å². The number of aliphatic imine (C=N–C) groups is 1. The Morgan fingerprint density at radius 3 is 2.88 bits per heavy atom. The number of benzene rings is 1. The van der Waals surface area contributed by atoms with E-state index in [9.17, 15) is 5.11 Å². The maximum atomic E-state index is 9.83. The Balaban J connectivity index is 2.09. The molecule has 86 valence electrons. The molecule has 0 bridgehead atoms. The van der Waals surface area contributed by atoms with Crippen molar-refractivity contribution < 1.29 is 5.11 Å². The molecule has 2 rings (SSSR count). The van der Waals surface area contributed by atoms with Gasteiger partial charge in [0.05, 0.1) is 6.04 Å². The number of rotatable bonds is 2. The van der Waals surface area contributed by atoms with Crippen LogP contribution in [-0.2, 0) is 0 Å². The van der Waals surface area contributed by atoms with Gasteiger partial charge in [0.2, 0.25) is 0 Å². The van der Waals surface area contributed by atoms with Crippen LogP contribution in [0.2, 0.25) is 0 Å². The second kappa shape index (κ2) is 4.69. The maximum Gasteiger partial charge on any atom is 0.127 e. The smallest absolute Gasteiger partial charge is 0.127 e. The SMILES string of the molecule is Cc1cccc(C=NC2CCC(C)C2)c1O. The van der Waals surface area contributed by atoms with Crippen molar-refractivity contribution in [1.29, 1.82) is 0 Å². The van der Waals surface area contributed by atoms with Crippen molar-refractivity contribution >= 4 is 6.21 Å². The Morgan fingerprint density at radius 2 is 2.19 bits per heavy atom. The maximum absolute atomic E-state index is 9.83. The molecule has 1 aliphatic carbocycles. The van der Waals surface area contributed by atoms with Crippen molar-refractivity contribution in [3.63, 3.8) is 0 Å². The van der Waals surface area contributed by atoms with E-state index in [0.29, 0.717) is 11.8 Å². The van der Waals surface area contributed by atoms with Crippen LogP contribution in [0.3, 0.4) is 0 Å². The van der Waals surface area contributed by atoms with E-state index in [4.69, 9.17) is 0 Å². The number of phenolic OH excluding ortho intramolecular Hbond substituents is 1. The fourth-order valence-electron chi connectivity index (χ4n) is 2.28. The number of aryl methyl sites for hydroxylation is 1. The highest BCUT2D eigenvalue weighted by Crippen LogP contribution is 2.27. The Labute approximate surface area is 97.0 Å². The van der Waals surface area contributed by atoms with Crippen molar-refractivity contribution in [2.75, 3.05) is 0 Å². The summed E-state index contributed by atoms with van der Waals surface area (Å²) in [4.78, 5) is 4.56. The molecule has 1 saturated carbocycles. The van der Waals surface area contributed by atoms with Crippen LogP contribution in [0.4, 0.5) is 0 Å². The molecule has 0 aliphatic heterocycles. The van der Waals surface area contributed by atoms with E-state index in [0.717, 1.165) is 17.0 Å². The Morgan fingerprint density at radius 1 is 1.38 bits per heavy atom. The van der Waals surface area contributed by atoms with Gasteiger partial charge in [0.1, 0.15) is 5.75 Å². The second-order valence-corrected chi connectivity index (χ2v) is 4.86. The molecule has 1 fully saturated rings. The molecule has 0 aromatic heterocycles. The minimum absolute atomic E-state index is 0.359. The molecule has 1 aromatic carbocycles. The highest BCUT2D eigenvalue weighted by Gasteiger charge is 2.19. The zero-order chi connectivity index (χ0) is 11.5. The minimum atomic E-state index is 0.359. The van der Waals surface area contributed by atoms with Crippen LogP contribution < -0.4 is 0 Å². The van der Waals surface area contributed by atoms with E-state index < -0.39 is 0 Å². The summed E-state index contributed by atoms with van der Waals surface area (Å²) in [6.45, 7) is 4.18. The van der Waals surface area contributed by atoms with Crippen LogP contribution in [-0.4, -0.2) is 17.4 Å². The van der Waals surface area contributed by atoms with Gasteiger partial charge in [-0.05, 0) is 43.7 Å². The van der Waals surface area contributed by atoms with Gasteiger partial charge in [0, 0.05) is 11.8 Å². The predicted molar refractivity (Wildman–Crippen MR) is 67.2 cm³/mol.